The molecule has 1 amide bonds. The van der Waals surface area contributed by atoms with E-state index in [9.17, 15) is 26.4 Å². The smallest absolute Gasteiger partial charge is 0.357 e. The number of hydrogen-bond donors (Lipinski definition) is 3. The third-order valence-corrected chi connectivity index (χ3v) is 6.35. The maximum absolute atomic E-state index is 12.6. The minimum absolute atomic E-state index is 0. The number of guanidine groups is 1. The van der Waals surface area contributed by atoms with Crippen LogP contribution >= 0.6 is 24.0 Å². The maximum atomic E-state index is 12.6. The highest BCUT2D eigenvalue weighted by Gasteiger charge is 2.50. The van der Waals surface area contributed by atoms with Crippen LogP contribution in [0.1, 0.15) is 46.5 Å². The fourth-order valence-corrected chi connectivity index (χ4v) is 3.77. The van der Waals surface area contributed by atoms with Gasteiger partial charge in [0.1, 0.15) is 0 Å². The van der Waals surface area contributed by atoms with Crippen LogP contribution in [0.2, 0.25) is 0 Å². The summed E-state index contributed by atoms with van der Waals surface area (Å²) in [6, 6.07) is 0.122. The summed E-state index contributed by atoms with van der Waals surface area (Å²) in [6.07, 6.45) is 1.78. The van der Waals surface area contributed by atoms with Gasteiger partial charge in [0.15, 0.2) is 5.96 Å². The van der Waals surface area contributed by atoms with E-state index in [4.69, 9.17) is 0 Å². The minimum Gasteiger partial charge on any atom is -0.357 e. The average molecular weight is 571 g/mol. The number of rotatable bonds is 9. The summed E-state index contributed by atoms with van der Waals surface area (Å²) in [5.41, 5.74) is -5.26. The molecule has 1 aliphatic rings. The van der Waals surface area contributed by atoms with Gasteiger partial charge in [-0.3, -0.25) is 9.79 Å². The van der Waals surface area contributed by atoms with E-state index in [2.05, 4.69) is 20.9 Å². The Morgan fingerprint density at radius 2 is 1.80 bits per heavy atom. The summed E-state index contributed by atoms with van der Waals surface area (Å²) in [7, 11) is -5.26. The van der Waals surface area contributed by atoms with Gasteiger partial charge < -0.3 is 16.0 Å². The fourth-order valence-electron chi connectivity index (χ4n) is 2.78. The van der Waals surface area contributed by atoms with Gasteiger partial charge in [0.25, 0.3) is 0 Å². The second-order valence-electron chi connectivity index (χ2n) is 7.07. The average Bonchev–Trinajstić information content (AvgIpc) is 2.65. The lowest BCUT2D eigenvalue weighted by Crippen LogP contribution is -2.45. The van der Waals surface area contributed by atoms with Crippen LogP contribution < -0.4 is 16.0 Å². The topological polar surface area (TPSA) is 103 Å². The minimum atomic E-state index is -5.26. The quantitative estimate of drug-likeness (QED) is 0.223. The van der Waals surface area contributed by atoms with Crippen molar-refractivity contribution in [2.24, 2.45) is 10.9 Å². The molecule has 30 heavy (non-hydrogen) atoms. The predicted octanol–water partition coefficient (Wildman–Crippen LogP) is 2.03. The maximum Gasteiger partial charge on any atom is 0.511 e. The zero-order chi connectivity index (χ0) is 22.1. The highest BCUT2D eigenvalue weighted by Crippen LogP contribution is 2.30. The van der Waals surface area contributed by atoms with Crippen molar-refractivity contribution in [2.75, 3.05) is 32.7 Å². The van der Waals surface area contributed by atoms with E-state index in [0.717, 1.165) is 6.42 Å². The SMILES string of the molecule is CCNC(=NCC1CCN(S(=O)(=O)C(F)(F)F)CC1)NCCC(=O)NC(C)CC.I. The van der Waals surface area contributed by atoms with Crippen LogP contribution in [0.5, 0.6) is 0 Å². The zero-order valence-corrected chi connectivity index (χ0v) is 20.7. The molecule has 1 unspecified atom stereocenters. The zero-order valence-electron chi connectivity index (χ0n) is 17.6. The first kappa shape index (κ1) is 29.2. The molecule has 0 aromatic rings. The molecule has 178 valence electrons. The Morgan fingerprint density at radius 1 is 1.20 bits per heavy atom. The predicted molar refractivity (Wildman–Crippen MR) is 121 cm³/mol. The number of alkyl halides is 3. The largest absolute Gasteiger partial charge is 0.511 e. The monoisotopic (exact) mass is 571 g/mol. The summed E-state index contributed by atoms with van der Waals surface area (Å²) in [5, 5.41) is 8.98. The Hall–Kier alpha value is -0.830. The number of hydrogen-bond acceptors (Lipinski definition) is 4. The third kappa shape index (κ3) is 9.54. The van der Waals surface area contributed by atoms with Gasteiger partial charge in [-0.05, 0) is 39.0 Å². The number of carbonyl (C=O) groups is 1. The first-order chi connectivity index (χ1) is 13.5. The van der Waals surface area contributed by atoms with Gasteiger partial charge >= 0.3 is 15.5 Å². The molecule has 1 fully saturated rings. The van der Waals surface area contributed by atoms with Crippen LogP contribution in [0.3, 0.4) is 0 Å². The molecule has 0 bridgehead atoms. The number of piperidine rings is 1. The van der Waals surface area contributed by atoms with E-state index < -0.39 is 15.5 Å². The first-order valence-electron chi connectivity index (χ1n) is 9.89. The van der Waals surface area contributed by atoms with Gasteiger partial charge in [0.2, 0.25) is 5.91 Å². The molecule has 1 aliphatic heterocycles. The van der Waals surface area contributed by atoms with Gasteiger partial charge in [0, 0.05) is 45.2 Å². The highest BCUT2D eigenvalue weighted by atomic mass is 127. The Bertz CT molecular complexity index is 654. The molecule has 3 N–H and O–H groups in total. The van der Waals surface area contributed by atoms with Crippen molar-refractivity contribution < 1.29 is 26.4 Å². The molecule has 0 aliphatic carbocycles. The third-order valence-electron chi connectivity index (χ3n) is 4.72. The molecule has 1 atom stereocenters. The Labute approximate surface area is 193 Å². The van der Waals surface area contributed by atoms with Crippen LogP contribution in [-0.4, -0.2) is 68.9 Å². The van der Waals surface area contributed by atoms with Crippen LogP contribution in [0.15, 0.2) is 4.99 Å². The van der Waals surface area contributed by atoms with Crippen LogP contribution in [0.25, 0.3) is 0 Å². The number of halogens is 4. The molecule has 8 nitrogen and oxygen atoms in total. The normalized spacial score (nSPS) is 17.7. The van der Waals surface area contributed by atoms with E-state index in [1.807, 2.05) is 20.8 Å². The molecule has 1 heterocycles. The molecule has 0 radical (unpaired) electrons. The molecule has 0 aromatic carbocycles. The number of amides is 1. The van der Waals surface area contributed by atoms with E-state index >= 15 is 0 Å². The lowest BCUT2D eigenvalue weighted by molar-refractivity contribution is -0.121. The van der Waals surface area contributed by atoms with Gasteiger partial charge in [-0.25, -0.2) is 8.42 Å². The van der Waals surface area contributed by atoms with Gasteiger partial charge in [-0.2, -0.15) is 17.5 Å². The van der Waals surface area contributed by atoms with Crippen molar-refractivity contribution in [1.29, 1.82) is 0 Å². The van der Waals surface area contributed by atoms with Crippen molar-refractivity contribution in [3.63, 3.8) is 0 Å². The van der Waals surface area contributed by atoms with Crippen LogP contribution in [-0.2, 0) is 14.8 Å². The van der Waals surface area contributed by atoms with E-state index in [-0.39, 0.29) is 54.9 Å². The molecule has 1 saturated heterocycles. The summed E-state index contributed by atoms with van der Waals surface area (Å²) < 4.78 is 61.3. The standard InChI is InChI=1S/C17H32F3N5O3S.HI/c1-4-13(3)24-15(26)6-9-22-16(21-5-2)23-12-14-7-10-25(11-8-14)29(27,28)17(18,19)20;/h13-14H,4-12H2,1-3H3,(H,24,26)(H2,21,22,23);1H. The number of nitrogens with zero attached hydrogens (tertiary/aromatic N) is 2. The number of carbonyl (C=O) groups excluding carboxylic acids is 1. The number of nitrogens with one attached hydrogen (secondary N) is 3. The van der Waals surface area contributed by atoms with E-state index in [1.165, 1.54) is 0 Å². The molecule has 13 heteroatoms. The van der Waals surface area contributed by atoms with Crippen molar-refractivity contribution in [1.82, 2.24) is 20.3 Å². The molecule has 0 aromatic heterocycles. The van der Waals surface area contributed by atoms with E-state index in [1.54, 1.807) is 0 Å². The molecule has 0 saturated carbocycles. The second-order valence-corrected chi connectivity index (χ2v) is 9.00. The number of sulfonamides is 1. The van der Waals surface area contributed by atoms with Crippen molar-refractivity contribution in [3.05, 3.63) is 0 Å². The van der Waals surface area contributed by atoms with Crippen LogP contribution in [0, 0.1) is 5.92 Å². The van der Waals surface area contributed by atoms with E-state index in [0.29, 0.717) is 49.2 Å². The van der Waals surface area contributed by atoms with Gasteiger partial charge in [-0.15, -0.1) is 24.0 Å². The summed E-state index contributed by atoms with van der Waals surface area (Å²) in [6.45, 7) is 6.87. The second kappa shape index (κ2) is 13.6. The Morgan fingerprint density at radius 3 is 2.30 bits per heavy atom. The lowest BCUT2D eigenvalue weighted by Gasteiger charge is -2.30. The lowest BCUT2D eigenvalue weighted by atomic mass is 9.98. The van der Waals surface area contributed by atoms with Crippen molar-refractivity contribution in [2.45, 2.75) is 58.0 Å². The summed E-state index contributed by atoms with van der Waals surface area (Å²) in [4.78, 5) is 16.2. The van der Waals surface area contributed by atoms with Gasteiger partial charge in [-0.1, -0.05) is 6.92 Å². The summed E-state index contributed by atoms with van der Waals surface area (Å²) in [5.74, 6) is 0.467. The summed E-state index contributed by atoms with van der Waals surface area (Å²) >= 11 is 0. The molecular weight excluding hydrogens is 538 g/mol. The molecular formula is C17H33F3IN5O3S. The van der Waals surface area contributed by atoms with Gasteiger partial charge in [0.05, 0.1) is 0 Å². The molecule has 0 spiro atoms. The van der Waals surface area contributed by atoms with Crippen LogP contribution in [0.4, 0.5) is 13.2 Å². The Kier molecular flexibility index (Phi) is 13.2. The van der Waals surface area contributed by atoms with Crippen molar-refractivity contribution >= 4 is 45.9 Å². The molecule has 1 rings (SSSR count). The Balaban J connectivity index is 0.00000841. The van der Waals surface area contributed by atoms with Crippen molar-refractivity contribution in [3.8, 4) is 0 Å². The fraction of sp³-hybridized carbons (Fsp3) is 0.882. The number of aliphatic imine (C=N–C) groups is 1. The highest BCUT2D eigenvalue weighted by molar-refractivity contribution is 14.0. The first-order valence-corrected chi connectivity index (χ1v) is 11.3.